The van der Waals surface area contributed by atoms with Gasteiger partial charge in [-0.05, 0) is 67.8 Å². The SMILES string of the molecule is Oc1c(Br)cc(/C=C2\Sc3ccccc3NC2=S)cc1Br. The van der Waals surface area contributed by atoms with Crippen molar-refractivity contribution >= 4 is 72.6 Å². The van der Waals surface area contributed by atoms with Gasteiger partial charge in [-0.3, -0.25) is 0 Å². The van der Waals surface area contributed by atoms with Gasteiger partial charge in [-0.25, -0.2) is 0 Å². The molecule has 106 valence electrons. The summed E-state index contributed by atoms with van der Waals surface area (Å²) in [5.74, 6) is 0.194. The summed E-state index contributed by atoms with van der Waals surface area (Å²) in [6, 6.07) is 11.8. The summed E-state index contributed by atoms with van der Waals surface area (Å²) >= 11 is 13.7. The third kappa shape index (κ3) is 3.18. The standard InChI is InChI=1S/C15H9Br2NOS2/c16-9-5-8(6-10(17)14(9)19)7-13-15(20)18-11-3-1-2-4-12(11)21-13/h1-7,19H,(H,18,20)/b13-7-. The van der Waals surface area contributed by atoms with Crippen LogP contribution in [0.4, 0.5) is 5.69 Å². The van der Waals surface area contributed by atoms with Crippen molar-refractivity contribution < 1.29 is 5.11 Å². The molecule has 21 heavy (non-hydrogen) atoms. The maximum atomic E-state index is 9.76. The molecule has 0 saturated heterocycles. The van der Waals surface area contributed by atoms with Crippen molar-refractivity contribution in [2.45, 2.75) is 4.90 Å². The molecule has 1 aliphatic heterocycles. The van der Waals surface area contributed by atoms with E-state index in [0.29, 0.717) is 13.9 Å². The molecule has 2 aromatic rings. The second-order valence-electron chi connectivity index (χ2n) is 4.39. The predicted octanol–water partition coefficient (Wildman–Crippen LogP) is 5.80. The van der Waals surface area contributed by atoms with Crippen LogP contribution in [0.1, 0.15) is 5.56 Å². The van der Waals surface area contributed by atoms with Crippen LogP contribution in [0.5, 0.6) is 5.75 Å². The molecule has 2 N–H and O–H groups in total. The van der Waals surface area contributed by atoms with E-state index in [1.165, 1.54) is 0 Å². The van der Waals surface area contributed by atoms with E-state index < -0.39 is 0 Å². The first-order valence-electron chi connectivity index (χ1n) is 6.02. The van der Waals surface area contributed by atoms with Crippen molar-refractivity contribution in [1.29, 1.82) is 0 Å². The number of rotatable bonds is 1. The Labute approximate surface area is 148 Å². The number of phenols is 1. The number of phenolic OH excluding ortho intramolecular Hbond substituents is 1. The Morgan fingerprint density at radius 3 is 2.52 bits per heavy atom. The number of halogens is 2. The van der Waals surface area contributed by atoms with Crippen LogP contribution in [0.2, 0.25) is 0 Å². The fourth-order valence-electron chi connectivity index (χ4n) is 1.92. The number of benzene rings is 2. The van der Waals surface area contributed by atoms with E-state index in [9.17, 15) is 5.11 Å². The molecular formula is C15H9Br2NOS2. The van der Waals surface area contributed by atoms with Crippen molar-refractivity contribution in [2.75, 3.05) is 5.32 Å². The highest BCUT2D eigenvalue weighted by atomic mass is 79.9. The van der Waals surface area contributed by atoms with Gasteiger partial charge in [0.15, 0.2) is 0 Å². The summed E-state index contributed by atoms with van der Waals surface area (Å²) in [5.41, 5.74) is 2.00. The van der Waals surface area contributed by atoms with E-state index in [1.807, 2.05) is 36.4 Å². The topological polar surface area (TPSA) is 32.3 Å². The molecule has 0 aromatic heterocycles. The summed E-state index contributed by atoms with van der Waals surface area (Å²) in [6.07, 6.45) is 2.00. The molecule has 0 saturated carbocycles. The van der Waals surface area contributed by atoms with Gasteiger partial charge in [-0.2, -0.15) is 0 Å². The molecule has 1 heterocycles. The highest BCUT2D eigenvalue weighted by molar-refractivity contribution is 9.11. The molecule has 0 amide bonds. The molecule has 1 aliphatic rings. The van der Waals surface area contributed by atoms with Gasteiger partial charge < -0.3 is 10.4 Å². The molecule has 6 heteroatoms. The number of thioether (sulfide) groups is 1. The normalized spacial score (nSPS) is 15.7. The molecule has 3 rings (SSSR count). The van der Waals surface area contributed by atoms with E-state index in [0.717, 1.165) is 21.1 Å². The minimum atomic E-state index is 0.194. The molecule has 0 aliphatic carbocycles. The van der Waals surface area contributed by atoms with Crippen molar-refractivity contribution in [2.24, 2.45) is 0 Å². The third-order valence-electron chi connectivity index (χ3n) is 2.92. The van der Waals surface area contributed by atoms with E-state index in [-0.39, 0.29) is 5.75 Å². The molecule has 0 bridgehead atoms. The van der Waals surface area contributed by atoms with Gasteiger partial charge in [0.1, 0.15) is 10.7 Å². The monoisotopic (exact) mass is 441 g/mol. The van der Waals surface area contributed by atoms with Gasteiger partial charge in [0.05, 0.1) is 14.6 Å². The second-order valence-corrected chi connectivity index (χ2v) is 7.59. The van der Waals surface area contributed by atoms with E-state index in [4.69, 9.17) is 12.2 Å². The molecule has 0 atom stereocenters. The number of nitrogens with one attached hydrogen (secondary N) is 1. The Morgan fingerprint density at radius 1 is 1.14 bits per heavy atom. The van der Waals surface area contributed by atoms with Crippen LogP contribution in [-0.2, 0) is 0 Å². The molecule has 0 radical (unpaired) electrons. The number of fused-ring (bicyclic) bond motifs is 1. The van der Waals surface area contributed by atoms with Gasteiger partial charge in [-0.1, -0.05) is 36.1 Å². The Bertz CT molecular complexity index is 751. The van der Waals surface area contributed by atoms with E-state index in [2.05, 4.69) is 43.2 Å². The van der Waals surface area contributed by atoms with Crippen molar-refractivity contribution in [3.05, 3.63) is 55.8 Å². The van der Waals surface area contributed by atoms with Gasteiger partial charge in [0.2, 0.25) is 0 Å². The average molecular weight is 443 g/mol. The number of hydrogen-bond donors (Lipinski definition) is 2. The van der Waals surface area contributed by atoms with E-state index in [1.54, 1.807) is 11.8 Å². The Hall–Kier alpha value is -0.820. The van der Waals surface area contributed by atoms with Crippen LogP contribution in [0.3, 0.4) is 0 Å². The molecular weight excluding hydrogens is 434 g/mol. The third-order valence-corrected chi connectivity index (χ3v) is 5.69. The van der Waals surface area contributed by atoms with Crippen LogP contribution >= 0.6 is 55.8 Å². The summed E-state index contributed by atoms with van der Waals surface area (Å²) in [4.78, 5) is 2.83. The highest BCUT2D eigenvalue weighted by Gasteiger charge is 2.17. The number of anilines is 1. The first-order chi connectivity index (χ1) is 10.0. The lowest BCUT2D eigenvalue weighted by molar-refractivity contribution is 0.468. The van der Waals surface area contributed by atoms with Crippen molar-refractivity contribution in [3.8, 4) is 5.75 Å². The summed E-state index contributed by atoms with van der Waals surface area (Å²) in [7, 11) is 0. The van der Waals surface area contributed by atoms with Crippen LogP contribution in [-0.4, -0.2) is 10.1 Å². The maximum absolute atomic E-state index is 9.76. The Kier molecular flexibility index (Phi) is 4.40. The Morgan fingerprint density at radius 2 is 1.81 bits per heavy atom. The fourth-order valence-corrected chi connectivity index (χ4v) is 4.39. The molecule has 0 fully saturated rings. The van der Waals surface area contributed by atoms with Crippen LogP contribution in [0.15, 0.2) is 55.1 Å². The summed E-state index contributed by atoms with van der Waals surface area (Å²) < 4.78 is 1.28. The highest BCUT2D eigenvalue weighted by Crippen LogP contribution is 2.40. The minimum absolute atomic E-state index is 0.194. The quantitative estimate of drug-likeness (QED) is 0.431. The van der Waals surface area contributed by atoms with Gasteiger partial charge in [0.25, 0.3) is 0 Å². The predicted molar refractivity (Wildman–Crippen MR) is 100 cm³/mol. The van der Waals surface area contributed by atoms with Crippen LogP contribution < -0.4 is 5.32 Å². The van der Waals surface area contributed by atoms with Crippen LogP contribution in [0, 0.1) is 0 Å². The largest absolute Gasteiger partial charge is 0.506 e. The minimum Gasteiger partial charge on any atom is -0.506 e. The first-order valence-corrected chi connectivity index (χ1v) is 8.83. The summed E-state index contributed by atoms with van der Waals surface area (Å²) in [6.45, 7) is 0. The lowest BCUT2D eigenvalue weighted by Crippen LogP contribution is -2.14. The molecule has 0 spiro atoms. The lowest BCUT2D eigenvalue weighted by atomic mass is 10.2. The number of hydrogen-bond acceptors (Lipinski definition) is 3. The number of thiocarbonyl (C=S) groups is 1. The summed E-state index contributed by atoms with van der Waals surface area (Å²) in [5, 5.41) is 13.0. The first kappa shape index (κ1) is 15.1. The van der Waals surface area contributed by atoms with Gasteiger partial charge in [-0.15, -0.1) is 0 Å². The molecule has 0 unspecified atom stereocenters. The molecule has 2 nitrogen and oxygen atoms in total. The maximum Gasteiger partial charge on any atom is 0.143 e. The fraction of sp³-hybridized carbons (Fsp3) is 0. The zero-order valence-corrected chi connectivity index (χ0v) is 15.4. The van der Waals surface area contributed by atoms with Gasteiger partial charge in [0, 0.05) is 9.80 Å². The van der Waals surface area contributed by atoms with Crippen molar-refractivity contribution in [1.82, 2.24) is 0 Å². The van der Waals surface area contributed by atoms with Crippen molar-refractivity contribution in [3.63, 3.8) is 0 Å². The smallest absolute Gasteiger partial charge is 0.143 e. The van der Waals surface area contributed by atoms with Crippen LogP contribution in [0.25, 0.3) is 6.08 Å². The number of aromatic hydroxyl groups is 1. The zero-order valence-electron chi connectivity index (χ0n) is 10.6. The lowest BCUT2D eigenvalue weighted by Gasteiger charge is -2.20. The Balaban J connectivity index is 1.99. The van der Waals surface area contributed by atoms with Gasteiger partial charge >= 0.3 is 0 Å². The molecule has 2 aromatic carbocycles. The zero-order chi connectivity index (χ0) is 15.0. The second kappa shape index (κ2) is 6.12. The van der Waals surface area contributed by atoms with E-state index >= 15 is 0 Å². The number of para-hydroxylation sites is 1. The average Bonchev–Trinajstić information content (AvgIpc) is 2.45.